The van der Waals surface area contributed by atoms with Crippen molar-refractivity contribution in [3.05, 3.63) is 18.4 Å². The first-order valence-electron chi connectivity index (χ1n) is 4.87. The molecule has 0 heterocycles. The van der Waals surface area contributed by atoms with Crippen molar-refractivity contribution in [2.75, 3.05) is 5.75 Å². The number of thioether (sulfide) groups is 1. The van der Waals surface area contributed by atoms with E-state index in [1.165, 1.54) is 31.4 Å². The highest BCUT2D eigenvalue weighted by molar-refractivity contribution is 8.01. The topological polar surface area (TPSA) is 0 Å². The molecule has 0 aromatic heterocycles. The summed E-state index contributed by atoms with van der Waals surface area (Å²) in [7, 11) is 0. The van der Waals surface area contributed by atoms with E-state index in [2.05, 4.69) is 26.2 Å². The molecular formula is C11H21S. The number of rotatable bonds is 8. The molecule has 71 valence electrons. The van der Waals surface area contributed by atoms with Crippen molar-refractivity contribution in [1.29, 1.82) is 0 Å². The van der Waals surface area contributed by atoms with Crippen LogP contribution in [0.4, 0.5) is 0 Å². The van der Waals surface area contributed by atoms with Gasteiger partial charge in [0.15, 0.2) is 0 Å². The largest absolute Gasteiger partial charge is 0.157 e. The van der Waals surface area contributed by atoms with Gasteiger partial charge in [-0.05, 0) is 30.9 Å². The maximum atomic E-state index is 3.78. The highest BCUT2D eigenvalue weighted by Gasteiger charge is 1.95. The maximum Gasteiger partial charge on any atom is 0.0163 e. The van der Waals surface area contributed by atoms with E-state index in [4.69, 9.17) is 0 Å². The Morgan fingerprint density at radius 1 is 1.42 bits per heavy atom. The van der Waals surface area contributed by atoms with Crippen LogP contribution in [0.2, 0.25) is 0 Å². The van der Waals surface area contributed by atoms with Gasteiger partial charge in [-0.3, -0.25) is 0 Å². The minimum Gasteiger partial charge on any atom is -0.157 e. The molecule has 1 unspecified atom stereocenters. The van der Waals surface area contributed by atoms with Crippen molar-refractivity contribution in [3.8, 4) is 0 Å². The third-order valence-electron chi connectivity index (χ3n) is 1.86. The van der Waals surface area contributed by atoms with E-state index in [1.807, 2.05) is 17.8 Å². The SMILES string of the molecule is C=CC(C)CCCCS[CH]CC. The summed E-state index contributed by atoms with van der Waals surface area (Å²) in [5.74, 6) is 4.28. The van der Waals surface area contributed by atoms with Crippen molar-refractivity contribution in [2.24, 2.45) is 5.92 Å². The van der Waals surface area contributed by atoms with Crippen molar-refractivity contribution in [3.63, 3.8) is 0 Å². The van der Waals surface area contributed by atoms with Gasteiger partial charge in [-0.2, -0.15) is 11.8 Å². The summed E-state index contributed by atoms with van der Waals surface area (Å²) in [5.41, 5.74) is 0. The van der Waals surface area contributed by atoms with Crippen molar-refractivity contribution < 1.29 is 0 Å². The molecule has 0 spiro atoms. The summed E-state index contributed by atoms with van der Waals surface area (Å²) >= 11 is 1.96. The molecule has 0 nitrogen and oxygen atoms in total. The molecule has 1 heteroatoms. The average molecular weight is 185 g/mol. The summed E-state index contributed by atoms with van der Waals surface area (Å²) in [5, 5.41) is 0. The lowest BCUT2D eigenvalue weighted by Gasteiger charge is -2.04. The molecule has 0 saturated carbocycles. The van der Waals surface area contributed by atoms with E-state index >= 15 is 0 Å². The van der Waals surface area contributed by atoms with Gasteiger partial charge in [0.05, 0.1) is 0 Å². The fourth-order valence-electron chi connectivity index (χ4n) is 0.971. The normalized spacial score (nSPS) is 12.8. The molecule has 0 amide bonds. The van der Waals surface area contributed by atoms with Gasteiger partial charge in [0.1, 0.15) is 0 Å². The predicted molar refractivity (Wildman–Crippen MR) is 60.3 cm³/mol. The monoisotopic (exact) mass is 185 g/mol. The first-order chi connectivity index (χ1) is 5.81. The zero-order valence-corrected chi connectivity index (χ0v) is 9.20. The number of allylic oxidation sites excluding steroid dienone is 1. The van der Waals surface area contributed by atoms with Crippen LogP contribution in [-0.2, 0) is 0 Å². The lowest BCUT2D eigenvalue weighted by Crippen LogP contribution is -1.89. The lowest BCUT2D eigenvalue weighted by atomic mass is 10.1. The highest BCUT2D eigenvalue weighted by atomic mass is 32.2. The first kappa shape index (κ1) is 12.1. The van der Waals surface area contributed by atoms with Gasteiger partial charge in [-0.15, -0.1) is 6.58 Å². The fourth-order valence-corrected chi connectivity index (χ4v) is 1.74. The Labute approximate surface area is 81.8 Å². The molecule has 0 aliphatic carbocycles. The van der Waals surface area contributed by atoms with Gasteiger partial charge < -0.3 is 0 Å². The second kappa shape index (κ2) is 9.18. The fraction of sp³-hybridized carbons (Fsp3) is 0.727. The molecule has 0 bridgehead atoms. The molecule has 0 aliphatic rings. The van der Waals surface area contributed by atoms with E-state index in [-0.39, 0.29) is 0 Å². The Bertz CT molecular complexity index is 99.2. The summed E-state index contributed by atoms with van der Waals surface area (Å²) in [6.07, 6.45) is 7.23. The second-order valence-corrected chi connectivity index (χ2v) is 4.23. The van der Waals surface area contributed by atoms with Crippen LogP contribution in [0.5, 0.6) is 0 Å². The Morgan fingerprint density at radius 3 is 2.75 bits per heavy atom. The second-order valence-electron chi connectivity index (χ2n) is 3.15. The van der Waals surface area contributed by atoms with Crippen LogP contribution < -0.4 is 0 Å². The van der Waals surface area contributed by atoms with Crippen molar-refractivity contribution in [1.82, 2.24) is 0 Å². The molecule has 0 rings (SSSR count). The van der Waals surface area contributed by atoms with Crippen LogP contribution in [0, 0.1) is 11.7 Å². The highest BCUT2D eigenvalue weighted by Crippen LogP contribution is 2.14. The molecule has 0 saturated heterocycles. The first-order valence-corrected chi connectivity index (χ1v) is 5.92. The Kier molecular flexibility index (Phi) is 9.25. The van der Waals surface area contributed by atoms with Crippen LogP contribution in [0.25, 0.3) is 0 Å². The molecule has 1 atom stereocenters. The lowest BCUT2D eigenvalue weighted by molar-refractivity contribution is 0.601. The molecular weight excluding hydrogens is 164 g/mol. The quantitative estimate of drug-likeness (QED) is 0.402. The van der Waals surface area contributed by atoms with Crippen LogP contribution in [-0.4, -0.2) is 5.75 Å². The summed E-state index contributed by atoms with van der Waals surface area (Å²) in [6, 6.07) is 0. The van der Waals surface area contributed by atoms with Gasteiger partial charge in [0.2, 0.25) is 0 Å². The van der Waals surface area contributed by atoms with Crippen LogP contribution in [0.3, 0.4) is 0 Å². The van der Waals surface area contributed by atoms with Crippen molar-refractivity contribution in [2.45, 2.75) is 39.5 Å². The molecule has 0 aliphatic heterocycles. The van der Waals surface area contributed by atoms with Crippen molar-refractivity contribution >= 4 is 11.8 Å². The van der Waals surface area contributed by atoms with Crippen LogP contribution >= 0.6 is 11.8 Å². The molecule has 0 N–H and O–H groups in total. The molecule has 0 fully saturated rings. The van der Waals surface area contributed by atoms with E-state index in [0.29, 0.717) is 5.92 Å². The predicted octanol–water partition coefficient (Wildman–Crippen LogP) is 4.28. The van der Waals surface area contributed by atoms with Gasteiger partial charge in [0.25, 0.3) is 0 Å². The zero-order valence-electron chi connectivity index (χ0n) is 8.38. The van der Waals surface area contributed by atoms with E-state index in [0.717, 1.165) is 0 Å². The van der Waals surface area contributed by atoms with Gasteiger partial charge >= 0.3 is 0 Å². The number of hydrogen-bond acceptors (Lipinski definition) is 1. The maximum absolute atomic E-state index is 3.78. The van der Waals surface area contributed by atoms with Gasteiger partial charge in [-0.1, -0.05) is 26.3 Å². The Hall–Kier alpha value is 0.0900. The van der Waals surface area contributed by atoms with E-state index < -0.39 is 0 Å². The average Bonchev–Trinajstić information content (AvgIpc) is 2.10. The Balaban J connectivity index is 2.95. The van der Waals surface area contributed by atoms with E-state index in [9.17, 15) is 0 Å². The summed E-state index contributed by atoms with van der Waals surface area (Å²) in [6.45, 7) is 8.20. The zero-order chi connectivity index (χ0) is 9.23. The smallest absolute Gasteiger partial charge is 0.0163 e. The third kappa shape index (κ3) is 8.19. The molecule has 12 heavy (non-hydrogen) atoms. The molecule has 0 aromatic carbocycles. The summed E-state index contributed by atoms with van der Waals surface area (Å²) < 4.78 is 0. The number of hydrogen-bond donors (Lipinski definition) is 0. The molecule has 1 radical (unpaired) electrons. The van der Waals surface area contributed by atoms with Crippen LogP contribution in [0.15, 0.2) is 12.7 Å². The Morgan fingerprint density at radius 2 is 2.17 bits per heavy atom. The summed E-state index contributed by atoms with van der Waals surface area (Å²) in [4.78, 5) is 0. The van der Waals surface area contributed by atoms with E-state index in [1.54, 1.807) is 0 Å². The standard InChI is InChI=1S/C11H21S/c1-4-9-12-10-7-6-8-11(3)5-2/h5,9,11H,2,4,6-8,10H2,1,3H3. The number of unbranched alkanes of at least 4 members (excludes halogenated alkanes) is 1. The minimum atomic E-state index is 0.699. The minimum absolute atomic E-state index is 0.699. The van der Waals surface area contributed by atoms with Gasteiger partial charge in [0, 0.05) is 5.75 Å². The molecule has 0 aromatic rings. The van der Waals surface area contributed by atoms with Crippen LogP contribution in [0.1, 0.15) is 39.5 Å². The van der Waals surface area contributed by atoms with Gasteiger partial charge in [-0.25, -0.2) is 0 Å². The third-order valence-corrected chi connectivity index (χ3v) is 2.95.